The molecule has 0 saturated heterocycles. The summed E-state index contributed by atoms with van der Waals surface area (Å²) in [6, 6.07) is 7.92. The Balaban J connectivity index is 1.85. The molecule has 0 spiro atoms. The topological polar surface area (TPSA) is 77.2 Å². The molecular formula is C19H23ClN4O3S. The van der Waals surface area contributed by atoms with Crippen molar-refractivity contribution < 1.29 is 13.2 Å². The maximum Gasteiger partial charge on any atom is 0.271 e. The van der Waals surface area contributed by atoms with Crippen LogP contribution in [0.1, 0.15) is 24.6 Å². The Morgan fingerprint density at radius 3 is 2.54 bits per heavy atom. The fourth-order valence-corrected chi connectivity index (χ4v) is 5.60. The van der Waals surface area contributed by atoms with Crippen molar-refractivity contribution >= 4 is 38.4 Å². The van der Waals surface area contributed by atoms with Gasteiger partial charge in [0.25, 0.3) is 10.0 Å². The molecule has 0 bridgehead atoms. The molecule has 150 valence electrons. The summed E-state index contributed by atoms with van der Waals surface area (Å²) in [7, 11) is -2.51. The van der Waals surface area contributed by atoms with E-state index in [9.17, 15) is 13.2 Å². The highest BCUT2D eigenvalue weighted by atomic mass is 35.5. The molecule has 3 aromatic rings. The maximum absolute atomic E-state index is 13.0. The first kappa shape index (κ1) is 20.4. The van der Waals surface area contributed by atoms with Gasteiger partial charge in [-0.25, -0.2) is 12.7 Å². The highest BCUT2D eigenvalue weighted by Crippen LogP contribution is 2.28. The van der Waals surface area contributed by atoms with Gasteiger partial charge in [-0.15, -0.1) is 0 Å². The van der Waals surface area contributed by atoms with Gasteiger partial charge in [0.1, 0.15) is 10.0 Å². The van der Waals surface area contributed by atoms with Crippen LogP contribution in [0.3, 0.4) is 0 Å². The molecule has 0 aliphatic rings. The standard InChI is InChI=1S/C19H23ClN4O3S/c1-5-24(28(26,27)18-14(3)21-22(4)19(18)20)17(25)10-11-23-12-13(2)15-8-6-7-9-16(15)23/h6-9,12H,5,10-11H2,1-4H3. The Hall–Kier alpha value is -2.32. The molecule has 1 aromatic carbocycles. The largest absolute Gasteiger partial charge is 0.347 e. The van der Waals surface area contributed by atoms with Crippen LogP contribution in [0.5, 0.6) is 0 Å². The van der Waals surface area contributed by atoms with Crippen LogP contribution in [0, 0.1) is 13.8 Å². The Morgan fingerprint density at radius 2 is 1.93 bits per heavy atom. The Morgan fingerprint density at radius 1 is 1.25 bits per heavy atom. The number of nitrogens with zero attached hydrogens (tertiary/aromatic N) is 4. The molecule has 0 N–H and O–H groups in total. The van der Waals surface area contributed by atoms with E-state index in [1.165, 1.54) is 4.68 Å². The highest BCUT2D eigenvalue weighted by molar-refractivity contribution is 7.89. The van der Waals surface area contributed by atoms with E-state index in [4.69, 9.17) is 11.6 Å². The molecule has 1 amide bonds. The third-order valence-corrected chi connectivity index (χ3v) is 7.36. The van der Waals surface area contributed by atoms with E-state index in [2.05, 4.69) is 5.10 Å². The summed E-state index contributed by atoms with van der Waals surface area (Å²) in [5.74, 6) is -0.475. The number of para-hydroxylation sites is 1. The van der Waals surface area contributed by atoms with Gasteiger partial charge in [0.2, 0.25) is 5.91 Å². The van der Waals surface area contributed by atoms with E-state index in [0.29, 0.717) is 6.54 Å². The zero-order chi connectivity index (χ0) is 20.6. The van der Waals surface area contributed by atoms with Crippen molar-refractivity contribution in [1.29, 1.82) is 0 Å². The zero-order valence-corrected chi connectivity index (χ0v) is 17.9. The van der Waals surface area contributed by atoms with E-state index in [1.807, 2.05) is 42.0 Å². The van der Waals surface area contributed by atoms with Gasteiger partial charge in [-0.3, -0.25) is 9.48 Å². The number of aryl methyl sites for hydroxylation is 4. The number of hydrogen-bond acceptors (Lipinski definition) is 4. The van der Waals surface area contributed by atoms with Crippen LogP contribution in [-0.2, 0) is 28.4 Å². The number of hydrogen-bond donors (Lipinski definition) is 0. The maximum atomic E-state index is 13.0. The second kappa shape index (κ2) is 7.60. The molecule has 28 heavy (non-hydrogen) atoms. The minimum Gasteiger partial charge on any atom is -0.347 e. The number of amides is 1. The summed E-state index contributed by atoms with van der Waals surface area (Å²) in [5, 5.41) is 5.16. The lowest BCUT2D eigenvalue weighted by Crippen LogP contribution is -2.37. The van der Waals surface area contributed by atoms with Crippen LogP contribution < -0.4 is 0 Å². The van der Waals surface area contributed by atoms with Gasteiger partial charge in [0.05, 0.1) is 5.69 Å². The van der Waals surface area contributed by atoms with Gasteiger partial charge < -0.3 is 4.57 Å². The number of aromatic nitrogens is 3. The van der Waals surface area contributed by atoms with E-state index >= 15 is 0 Å². The van der Waals surface area contributed by atoms with Crippen LogP contribution in [0.4, 0.5) is 0 Å². The van der Waals surface area contributed by atoms with Crippen LogP contribution in [0.25, 0.3) is 10.9 Å². The average molecular weight is 423 g/mol. The fourth-order valence-electron chi connectivity index (χ4n) is 3.45. The van der Waals surface area contributed by atoms with Crippen molar-refractivity contribution in [2.45, 2.75) is 38.6 Å². The first-order valence-electron chi connectivity index (χ1n) is 8.97. The lowest BCUT2D eigenvalue weighted by molar-refractivity contribution is -0.126. The lowest BCUT2D eigenvalue weighted by atomic mass is 10.2. The molecule has 0 unspecified atom stereocenters. The second-order valence-electron chi connectivity index (χ2n) is 6.67. The zero-order valence-electron chi connectivity index (χ0n) is 16.3. The summed E-state index contributed by atoms with van der Waals surface area (Å²) in [4.78, 5) is 12.7. The second-order valence-corrected chi connectivity index (χ2v) is 8.82. The number of carbonyl (C=O) groups is 1. The molecule has 0 radical (unpaired) electrons. The summed E-state index contributed by atoms with van der Waals surface area (Å²) in [5.41, 5.74) is 2.40. The Kier molecular flexibility index (Phi) is 5.54. The van der Waals surface area contributed by atoms with Crippen LogP contribution >= 0.6 is 11.6 Å². The first-order valence-corrected chi connectivity index (χ1v) is 10.8. The highest BCUT2D eigenvalue weighted by Gasteiger charge is 2.33. The monoisotopic (exact) mass is 422 g/mol. The van der Waals surface area contributed by atoms with E-state index in [1.54, 1.807) is 20.9 Å². The van der Waals surface area contributed by atoms with Gasteiger partial charge in [-0.05, 0) is 32.4 Å². The van der Waals surface area contributed by atoms with Crippen molar-refractivity contribution in [1.82, 2.24) is 18.7 Å². The SMILES string of the molecule is CCN(C(=O)CCn1cc(C)c2ccccc21)S(=O)(=O)c1c(C)nn(C)c1Cl. The van der Waals surface area contributed by atoms with Crippen LogP contribution in [0.15, 0.2) is 35.4 Å². The smallest absolute Gasteiger partial charge is 0.271 e. The van der Waals surface area contributed by atoms with Gasteiger partial charge in [-0.1, -0.05) is 29.8 Å². The molecule has 7 nitrogen and oxygen atoms in total. The predicted octanol–water partition coefficient (Wildman–Crippen LogP) is 3.27. The van der Waals surface area contributed by atoms with Crippen molar-refractivity contribution in [3.63, 3.8) is 0 Å². The van der Waals surface area contributed by atoms with E-state index in [-0.39, 0.29) is 28.7 Å². The molecule has 0 aliphatic heterocycles. The normalized spacial score (nSPS) is 11.9. The predicted molar refractivity (Wildman–Crippen MR) is 109 cm³/mol. The summed E-state index contributed by atoms with van der Waals surface area (Å²) >= 11 is 6.12. The molecule has 0 fully saturated rings. The molecule has 0 saturated carbocycles. The number of carbonyl (C=O) groups excluding carboxylic acids is 1. The van der Waals surface area contributed by atoms with Crippen molar-refractivity contribution in [3.8, 4) is 0 Å². The van der Waals surface area contributed by atoms with Gasteiger partial charge in [0.15, 0.2) is 0 Å². The molecule has 2 aromatic heterocycles. The fraction of sp³-hybridized carbons (Fsp3) is 0.368. The molecule has 0 aliphatic carbocycles. The Labute approximate surface area is 169 Å². The Bertz CT molecular complexity index is 1150. The van der Waals surface area contributed by atoms with E-state index in [0.717, 1.165) is 20.8 Å². The number of fused-ring (bicyclic) bond motifs is 1. The number of rotatable bonds is 6. The molecule has 9 heteroatoms. The number of sulfonamides is 1. The molecule has 3 rings (SSSR count). The molecule has 2 heterocycles. The third kappa shape index (κ3) is 3.42. The van der Waals surface area contributed by atoms with Crippen LogP contribution in [-0.4, -0.2) is 39.5 Å². The van der Waals surface area contributed by atoms with Crippen molar-refractivity contribution in [3.05, 3.63) is 46.9 Å². The third-order valence-electron chi connectivity index (χ3n) is 4.77. The number of halogens is 1. The van der Waals surface area contributed by atoms with Gasteiger partial charge in [0, 0.05) is 43.7 Å². The van der Waals surface area contributed by atoms with Crippen molar-refractivity contribution in [2.75, 3.05) is 6.54 Å². The van der Waals surface area contributed by atoms with Gasteiger partial charge in [-0.2, -0.15) is 5.10 Å². The molecule has 0 atom stereocenters. The lowest BCUT2D eigenvalue weighted by Gasteiger charge is -2.21. The summed E-state index contributed by atoms with van der Waals surface area (Å²) in [6.45, 7) is 5.61. The first-order chi connectivity index (χ1) is 13.2. The quantitative estimate of drug-likeness (QED) is 0.610. The van der Waals surface area contributed by atoms with Crippen molar-refractivity contribution in [2.24, 2.45) is 7.05 Å². The summed E-state index contributed by atoms with van der Waals surface area (Å²) < 4.78 is 30.2. The summed E-state index contributed by atoms with van der Waals surface area (Å²) in [6.07, 6.45) is 2.03. The van der Waals surface area contributed by atoms with Crippen LogP contribution in [0.2, 0.25) is 5.15 Å². The average Bonchev–Trinajstić information content (AvgIpc) is 3.09. The van der Waals surface area contributed by atoms with E-state index < -0.39 is 15.9 Å². The minimum atomic E-state index is -4.07. The molecular weight excluding hydrogens is 400 g/mol. The minimum absolute atomic E-state index is 0.00391. The number of benzene rings is 1. The van der Waals surface area contributed by atoms with Gasteiger partial charge >= 0.3 is 0 Å².